The number of esters is 1. The molecule has 0 aromatic rings. The molecule has 0 spiro atoms. The molecular formula is C25H44O5. The molecule has 0 bridgehead atoms. The number of ether oxygens (including phenoxy) is 1. The van der Waals surface area contributed by atoms with Crippen LogP contribution in [-0.2, 0) is 19.1 Å². The van der Waals surface area contributed by atoms with Crippen LogP contribution in [0.1, 0.15) is 119 Å². The van der Waals surface area contributed by atoms with Crippen molar-refractivity contribution in [3.05, 3.63) is 0 Å². The summed E-state index contributed by atoms with van der Waals surface area (Å²) < 4.78 is 5.55. The fourth-order valence-corrected chi connectivity index (χ4v) is 4.14. The highest BCUT2D eigenvalue weighted by molar-refractivity contribution is 5.80. The molecule has 0 aromatic heterocycles. The van der Waals surface area contributed by atoms with Gasteiger partial charge in [-0.2, -0.15) is 0 Å². The molecule has 0 aliphatic heterocycles. The Morgan fingerprint density at radius 3 is 1.97 bits per heavy atom. The van der Waals surface area contributed by atoms with Crippen molar-refractivity contribution in [3.8, 4) is 0 Å². The summed E-state index contributed by atoms with van der Waals surface area (Å²) in [6, 6.07) is 0. The Kier molecular flexibility index (Phi) is 10.0. The summed E-state index contributed by atoms with van der Waals surface area (Å²) in [5.74, 6) is -0.355. The van der Waals surface area contributed by atoms with Crippen LogP contribution >= 0.6 is 0 Å². The van der Waals surface area contributed by atoms with E-state index in [-0.39, 0.29) is 17.3 Å². The van der Waals surface area contributed by atoms with Gasteiger partial charge in [-0.3, -0.25) is 14.4 Å². The minimum absolute atomic E-state index is 0.0532. The molecule has 174 valence electrons. The quantitative estimate of drug-likeness (QED) is 0.245. The van der Waals surface area contributed by atoms with Gasteiger partial charge in [0.25, 0.3) is 0 Å². The van der Waals surface area contributed by atoms with Gasteiger partial charge >= 0.3 is 11.9 Å². The molecule has 0 heterocycles. The molecule has 5 nitrogen and oxygen atoms in total. The van der Waals surface area contributed by atoms with Gasteiger partial charge in [-0.05, 0) is 79.1 Å². The maximum Gasteiger partial charge on any atom is 0.312 e. The number of carboxylic acids is 1. The number of rotatable bonds is 15. The van der Waals surface area contributed by atoms with Crippen LogP contribution in [0, 0.1) is 16.7 Å². The van der Waals surface area contributed by atoms with E-state index >= 15 is 0 Å². The maximum atomic E-state index is 12.3. The number of ketones is 1. The normalized spacial score (nSPS) is 16.7. The molecular weight excluding hydrogens is 380 g/mol. The summed E-state index contributed by atoms with van der Waals surface area (Å²) in [4.78, 5) is 35.9. The first kappa shape index (κ1) is 26.6. The minimum atomic E-state index is -0.745. The topological polar surface area (TPSA) is 80.7 Å². The van der Waals surface area contributed by atoms with Crippen molar-refractivity contribution in [2.75, 3.05) is 0 Å². The van der Waals surface area contributed by atoms with Crippen molar-refractivity contribution in [2.24, 2.45) is 16.7 Å². The third-order valence-electron chi connectivity index (χ3n) is 6.62. The highest BCUT2D eigenvalue weighted by atomic mass is 16.6. The van der Waals surface area contributed by atoms with E-state index in [2.05, 4.69) is 0 Å². The van der Waals surface area contributed by atoms with E-state index in [0.29, 0.717) is 18.6 Å². The monoisotopic (exact) mass is 424 g/mol. The molecule has 0 aromatic carbocycles. The lowest BCUT2D eigenvalue weighted by Crippen LogP contribution is -2.32. The van der Waals surface area contributed by atoms with Gasteiger partial charge in [-0.1, -0.05) is 32.6 Å². The van der Waals surface area contributed by atoms with Crippen molar-refractivity contribution < 1.29 is 24.2 Å². The predicted octanol–water partition coefficient (Wildman–Crippen LogP) is 6.33. The number of hydrogen-bond acceptors (Lipinski definition) is 4. The van der Waals surface area contributed by atoms with Gasteiger partial charge in [0.2, 0.25) is 0 Å². The smallest absolute Gasteiger partial charge is 0.312 e. The second kappa shape index (κ2) is 11.3. The number of hydrogen-bond donors (Lipinski definition) is 1. The van der Waals surface area contributed by atoms with Crippen molar-refractivity contribution >= 4 is 17.7 Å². The zero-order valence-corrected chi connectivity index (χ0v) is 20.1. The van der Waals surface area contributed by atoms with Crippen LogP contribution in [0.2, 0.25) is 0 Å². The Hall–Kier alpha value is -1.39. The average molecular weight is 425 g/mol. The molecule has 1 atom stereocenters. The Bertz CT molecular complexity index is 581. The van der Waals surface area contributed by atoms with Gasteiger partial charge < -0.3 is 9.84 Å². The van der Waals surface area contributed by atoms with Crippen LogP contribution in [0.4, 0.5) is 0 Å². The second-order valence-corrected chi connectivity index (χ2v) is 10.8. The zero-order chi connectivity index (χ0) is 23.0. The summed E-state index contributed by atoms with van der Waals surface area (Å²) in [6.07, 6.45) is 10.2. The molecule has 1 unspecified atom stereocenters. The van der Waals surface area contributed by atoms with E-state index in [1.807, 2.05) is 27.7 Å². The summed E-state index contributed by atoms with van der Waals surface area (Å²) >= 11 is 0. The highest BCUT2D eigenvalue weighted by Crippen LogP contribution is 2.51. The lowest BCUT2D eigenvalue weighted by atomic mass is 9.74. The van der Waals surface area contributed by atoms with E-state index in [0.717, 1.165) is 64.2 Å². The minimum Gasteiger partial charge on any atom is -0.481 e. The number of carbonyl (C=O) groups is 3. The van der Waals surface area contributed by atoms with Crippen LogP contribution in [0.15, 0.2) is 0 Å². The lowest BCUT2D eigenvalue weighted by molar-refractivity contribution is -0.162. The SMILES string of the molecule is CCC(CCCCC(=O)CCCCCC1(C(=O)OC(C)(C)C)CC1)C(C)(C)C(=O)O. The predicted molar refractivity (Wildman–Crippen MR) is 119 cm³/mol. The van der Waals surface area contributed by atoms with E-state index in [1.54, 1.807) is 13.8 Å². The van der Waals surface area contributed by atoms with Crippen LogP contribution in [-0.4, -0.2) is 28.4 Å². The summed E-state index contributed by atoms with van der Waals surface area (Å²) in [6.45, 7) is 11.3. The van der Waals surface area contributed by atoms with Gasteiger partial charge in [0, 0.05) is 12.8 Å². The largest absolute Gasteiger partial charge is 0.481 e. The molecule has 1 N–H and O–H groups in total. The lowest BCUT2D eigenvalue weighted by Gasteiger charge is -2.29. The first-order chi connectivity index (χ1) is 13.8. The molecule has 30 heavy (non-hydrogen) atoms. The molecule has 0 amide bonds. The molecule has 0 radical (unpaired) electrons. The molecule has 5 heteroatoms. The van der Waals surface area contributed by atoms with Gasteiger partial charge in [-0.25, -0.2) is 0 Å². The number of Topliss-reactive ketones (excluding diaryl/α,β-unsaturated/α-hetero) is 1. The fraction of sp³-hybridized carbons (Fsp3) is 0.880. The summed E-state index contributed by atoms with van der Waals surface area (Å²) in [7, 11) is 0. The Labute approximate surface area is 183 Å². The molecule has 1 saturated carbocycles. The molecule has 1 rings (SSSR count). The van der Waals surface area contributed by atoms with Crippen LogP contribution in [0.5, 0.6) is 0 Å². The van der Waals surface area contributed by atoms with Crippen LogP contribution < -0.4 is 0 Å². The summed E-state index contributed by atoms with van der Waals surface area (Å²) in [5, 5.41) is 9.38. The third-order valence-corrected chi connectivity index (χ3v) is 6.62. The second-order valence-electron chi connectivity index (χ2n) is 10.8. The zero-order valence-electron chi connectivity index (χ0n) is 20.1. The number of carbonyl (C=O) groups excluding carboxylic acids is 2. The Morgan fingerprint density at radius 1 is 0.933 bits per heavy atom. The maximum absolute atomic E-state index is 12.3. The molecule has 1 fully saturated rings. The number of unbranched alkanes of at least 4 members (excludes halogenated alkanes) is 3. The number of aliphatic carboxylic acids is 1. The standard InChI is InChI=1S/C25H44O5/c1-7-19(24(5,6)21(27)28)13-10-11-15-20(26)14-9-8-12-16-25(17-18-25)22(29)30-23(2,3)4/h19H,7-18H2,1-6H3,(H,27,28). The van der Waals surface area contributed by atoms with Crippen molar-refractivity contribution in [2.45, 2.75) is 124 Å². The van der Waals surface area contributed by atoms with E-state index in [9.17, 15) is 19.5 Å². The van der Waals surface area contributed by atoms with Crippen molar-refractivity contribution in [1.29, 1.82) is 0 Å². The molecule has 0 saturated heterocycles. The van der Waals surface area contributed by atoms with Gasteiger partial charge in [0.15, 0.2) is 0 Å². The van der Waals surface area contributed by atoms with E-state index in [4.69, 9.17) is 4.74 Å². The van der Waals surface area contributed by atoms with E-state index < -0.39 is 17.0 Å². The first-order valence-corrected chi connectivity index (χ1v) is 11.8. The highest BCUT2D eigenvalue weighted by Gasteiger charge is 2.51. The Morgan fingerprint density at radius 2 is 1.50 bits per heavy atom. The molecule has 1 aliphatic rings. The van der Waals surface area contributed by atoms with Gasteiger partial charge in [0.05, 0.1) is 10.8 Å². The third kappa shape index (κ3) is 8.77. The fourth-order valence-electron chi connectivity index (χ4n) is 4.14. The molecule has 1 aliphatic carbocycles. The van der Waals surface area contributed by atoms with Crippen molar-refractivity contribution in [3.63, 3.8) is 0 Å². The van der Waals surface area contributed by atoms with Gasteiger partial charge in [0.1, 0.15) is 11.4 Å². The van der Waals surface area contributed by atoms with Crippen LogP contribution in [0.25, 0.3) is 0 Å². The van der Waals surface area contributed by atoms with E-state index in [1.165, 1.54) is 0 Å². The van der Waals surface area contributed by atoms with Crippen LogP contribution in [0.3, 0.4) is 0 Å². The summed E-state index contributed by atoms with van der Waals surface area (Å²) in [5.41, 5.74) is -1.40. The Balaban J connectivity index is 2.16. The average Bonchev–Trinajstić information content (AvgIpc) is 3.41. The number of carboxylic acid groups (broad SMARTS) is 1. The first-order valence-electron chi connectivity index (χ1n) is 11.8. The van der Waals surface area contributed by atoms with Crippen molar-refractivity contribution in [1.82, 2.24) is 0 Å². The van der Waals surface area contributed by atoms with Gasteiger partial charge in [-0.15, -0.1) is 0 Å².